The Hall–Kier alpha value is -1.77. The molecule has 1 aromatic heterocycles. The summed E-state index contributed by atoms with van der Waals surface area (Å²) in [4.78, 5) is 4.78. The predicted octanol–water partition coefficient (Wildman–Crippen LogP) is 4.17. The number of hydrogen-bond donors (Lipinski definition) is 1. The zero-order valence-electron chi connectivity index (χ0n) is 14.1. The SMILES string of the molecule is CC(C)Cc1ccc(-c2nc(C(C)(C)C)n(C)c2N)cc1. The lowest BCUT2D eigenvalue weighted by Gasteiger charge is -2.17. The molecule has 1 heterocycles. The van der Waals surface area contributed by atoms with Crippen molar-refractivity contribution in [2.24, 2.45) is 13.0 Å². The van der Waals surface area contributed by atoms with Crippen molar-refractivity contribution in [2.45, 2.75) is 46.5 Å². The first-order valence-electron chi connectivity index (χ1n) is 7.62. The van der Waals surface area contributed by atoms with Crippen LogP contribution in [0, 0.1) is 5.92 Å². The molecule has 0 atom stereocenters. The highest BCUT2D eigenvalue weighted by atomic mass is 15.1. The number of aromatic nitrogens is 2. The molecule has 2 N–H and O–H groups in total. The van der Waals surface area contributed by atoms with Crippen LogP contribution in [0.3, 0.4) is 0 Å². The predicted molar refractivity (Wildman–Crippen MR) is 90.3 cm³/mol. The van der Waals surface area contributed by atoms with Crippen LogP contribution in [0.2, 0.25) is 0 Å². The van der Waals surface area contributed by atoms with Crippen molar-refractivity contribution in [1.82, 2.24) is 9.55 Å². The first-order valence-corrected chi connectivity index (χ1v) is 7.62. The molecular formula is C18H27N3. The molecule has 0 fully saturated rings. The van der Waals surface area contributed by atoms with Gasteiger partial charge in [-0.2, -0.15) is 0 Å². The van der Waals surface area contributed by atoms with Gasteiger partial charge in [-0.1, -0.05) is 58.9 Å². The van der Waals surface area contributed by atoms with Crippen molar-refractivity contribution in [3.05, 3.63) is 35.7 Å². The van der Waals surface area contributed by atoms with E-state index in [0.29, 0.717) is 5.92 Å². The maximum absolute atomic E-state index is 6.25. The van der Waals surface area contributed by atoms with E-state index in [1.165, 1.54) is 5.56 Å². The van der Waals surface area contributed by atoms with E-state index in [0.717, 1.165) is 29.3 Å². The smallest absolute Gasteiger partial charge is 0.131 e. The van der Waals surface area contributed by atoms with Crippen molar-refractivity contribution >= 4 is 5.82 Å². The molecule has 0 amide bonds. The minimum Gasteiger partial charge on any atom is -0.383 e. The van der Waals surface area contributed by atoms with Crippen LogP contribution in [-0.4, -0.2) is 9.55 Å². The quantitative estimate of drug-likeness (QED) is 0.920. The van der Waals surface area contributed by atoms with Crippen LogP contribution in [0.5, 0.6) is 0 Å². The topological polar surface area (TPSA) is 43.8 Å². The lowest BCUT2D eigenvalue weighted by atomic mass is 9.96. The van der Waals surface area contributed by atoms with Gasteiger partial charge in [-0.25, -0.2) is 4.98 Å². The largest absolute Gasteiger partial charge is 0.383 e. The summed E-state index contributed by atoms with van der Waals surface area (Å²) in [6.07, 6.45) is 1.10. The van der Waals surface area contributed by atoms with Crippen molar-refractivity contribution in [3.8, 4) is 11.3 Å². The molecule has 2 aromatic rings. The van der Waals surface area contributed by atoms with E-state index < -0.39 is 0 Å². The summed E-state index contributed by atoms with van der Waals surface area (Å²) in [5.41, 5.74) is 9.57. The first-order chi connectivity index (χ1) is 9.70. The molecule has 21 heavy (non-hydrogen) atoms. The van der Waals surface area contributed by atoms with Crippen LogP contribution in [-0.2, 0) is 18.9 Å². The van der Waals surface area contributed by atoms with Crippen molar-refractivity contribution in [1.29, 1.82) is 0 Å². The third kappa shape index (κ3) is 3.29. The monoisotopic (exact) mass is 285 g/mol. The van der Waals surface area contributed by atoms with Gasteiger partial charge in [-0.15, -0.1) is 0 Å². The minimum atomic E-state index is -0.0152. The normalized spacial score (nSPS) is 12.1. The van der Waals surface area contributed by atoms with Crippen LogP contribution in [0.25, 0.3) is 11.3 Å². The number of anilines is 1. The van der Waals surface area contributed by atoms with Gasteiger partial charge in [0.15, 0.2) is 0 Å². The number of hydrogen-bond acceptors (Lipinski definition) is 2. The molecule has 2 rings (SSSR count). The average Bonchev–Trinajstić information content (AvgIpc) is 2.67. The van der Waals surface area contributed by atoms with Gasteiger partial charge in [0.05, 0.1) is 0 Å². The third-order valence-electron chi connectivity index (χ3n) is 3.68. The molecule has 0 radical (unpaired) electrons. The molecule has 0 aliphatic heterocycles. The van der Waals surface area contributed by atoms with Gasteiger partial charge in [-0.05, 0) is 17.9 Å². The van der Waals surface area contributed by atoms with Gasteiger partial charge in [0.1, 0.15) is 17.3 Å². The molecule has 3 nitrogen and oxygen atoms in total. The van der Waals surface area contributed by atoms with Crippen LogP contribution in [0.4, 0.5) is 5.82 Å². The maximum atomic E-state index is 6.25. The standard InChI is InChI=1S/C18H27N3/c1-12(2)11-13-7-9-14(10-8-13)15-16(19)21(6)17(20-15)18(3,4)5/h7-10,12H,11,19H2,1-6H3. The zero-order chi connectivity index (χ0) is 15.8. The molecule has 3 heteroatoms. The van der Waals surface area contributed by atoms with Crippen LogP contribution in [0.15, 0.2) is 24.3 Å². The minimum absolute atomic E-state index is 0.0152. The molecule has 0 saturated carbocycles. The highest BCUT2D eigenvalue weighted by Crippen LogP contribution is 2.31. The molecule has 0 unspecified atom stereocenters. The Morgan fingerprint density at radius 1 is 1.14 bits per heavy atom. The summed E-state index contributed by atoms with van der Waals surface area (Å²) in [7, 11) is 1.99. The van der Waals surface area contributed by atoms with E-state index in [1.807, 2.05) is 11.6 Å². The zero-order valence-corrected chi connectivity index (χ0v) is 14.1. The number of imidazole rings is 1. The maximum Gasteiger partial charge on any atom is 0.131 e. The molecule has 1 aromatic carbocycles. The molecule has 0 aliphatic carbocycles. The van der Waals surface area contributed by atoms with E-state index in [-0.39, 0.29) is 5.41 Å². The highest BCUT2D eigenvalue weighted by molar-refractivity contribution is 5.71. The summed E-state index contributed by atoms with van der Waals surface area (Å²) in [6, 6.07) is 8.62. The van der Waals surface area contributed by atoms with E-state index >= 15 is 0 Å². The van der Waals surface area contributed by atoms with Crippen LogP contribution >= 0.6 is 0 Å². The van der Waals surface area contributed by atoms with Crippen LogP contribution < -0.4 is 5.73 Å². The number of nitrogens with zero attached hydrogens (tertiary/aromatic N) is 2. The van der Waals surface area contributed by atoms with E-state index in [2.05, 4.69) is 58.9 Å². The fourth-order valence-corrected chi connectivity index (χ4v) is 2.66. The van der Waals surface area contributed by atoms with Gasteiger partial charge in [0.25, 0.3) is 0 Å². The molecule has 0 aliphatic rings. The Kier molecular flexibility index (Phi) is 4.13. The molecule has 0 spiro atoms. The Morgan fingerprint density at radius 3 is 2.14 bits per heavy atom. The van der Waals surface area contributed by atoms with Crippen LogP contribution in [0.1, 0.15) is 46.0 Å². The van der Waals surface area contributed by atoms with Crippen molar-refractivity contribution in [3.63, 3.8) is 0 Å². The van der Waals surface area contributed by atoms with E-state index in [4.69, 9.17) is 10.7 Å². The lowest BCUT2D eigenvalue weighted by Crippen LogP contribution is -2.17. The van der Waals surface area contributed by atoms with Gasteiger partial charge in [-0.3, -0.25) is 0 Å². The fraction of sp³-hybridized carbons (Fsp3) is 0.500. The Balaban J connectivity index is 2.39. The number of nitrogen functional groups attached to an aromatic ring is 1. The Morgan fingerprint density at radius 2 is 1.71 bits per heavy atom. The second kappa shape index (κ2) is 5.55. The summed E-state index contributed by atoms with van der Waals surface area (Å²) >= 11 is 0. The van der Waals surface area contributed by atoms with Crippen molar-refractivity contribution < 1.29 is 0 Å². The average molecular weight is 285 g/mol. The van der Waals surface area contributed by atoms with Gasteiger partial charge in [0, 0.05) is 18.0 Å². The van der Waals surface area contributed by atoms with E-state index in [9.17, 15) is 0 Å². The number of rotatable bonds is 3. The second-order valence-corrected chi connectivity index (χ2v) is 7.27. The Bertz CT molecular complexity index is 613. The summed E-state index contributed by atoms with van der Waals surface area (Å²) in [5.74, 6) is 2.42. The third-order valence-corrected chi connectivity index (χ3v) is 3.68. The molecule has 114 valence electrons. The molecule has 0 bridgehead atoms. The van der Waals surface area contributed by atoms with E-state index in [1.54, 1.807) is 0 Å². The summed E-state index contributed by atoms with van der Waals surface area (Å²) in [5, 5.41) is 0. The Labute approximate surface area is 128 Å². The second-order valence-electron chi connectivity index (χ2n) is 7.27. The molecule has 0 saturated heterocycles. The lowest BCUT2D eigenvalue weighted by molar-refractivity contribution is 0.524. The molecular weight excluding hydrogens is 258 g/mol. The van der Waals surface area contributed by atoms with Gasteiger partial charge in [0.2, 0.25) is 0 Å². The number of nitrogens with two attached hydrogens (primary N) is 1. The summed E-state index contributed by atoms with van der Waals surface area (Å²) < 4.78 is 2.00. The highest BCUT2D eigenvalue weighted by Gasteiger charge is 2.23. The summed E-state index contributed by atoms with van der Waals surface area (Å²) in [6.45, 7) is 10.9. The van der Waals surface area contributed by atoms with Gasteiger partial charge < -0.3 is 10.3 Å². The first kappa shape index (κ1) is 15.6. The van der Waals surface area contributed by atoms with Crippen molar-refractivity contribution in [2.75, 3.05) is 5.73 Å². The van der Waals surface area contributed by atoms with Gasteiger partial charge >= 0.3 is 0 Å². The number of benzene rings is 1. The fourth-order valence-electron chi connectivity index (χ4n) is 2.66.